The van der Waals surface area contributed by atoms with Crippen LogP contribution in [0.4, 0.5) is 5.82 Å². The van der Waals surface area contributed by atoms with Gasteiger partial charge in [0.05, 0.1) is 17.1 Å². The summed E-state index contributed by atoms with van der Waals surface area (Å²) in [6.07, 6.45) is 2.49. The molecule has 7 nitrogen and oxygen atoms in total. The third-order valence-corrected chi connectivity index (χ3v) is 6.60. The summed E-state index contributed by atoms with van der Waals surface area (Å²) in [5, 5.41) is 9.56. The first-order valence-electron chi connectivity index (χ1n) is 9.20. The highest BCUT2D eigenvalue weighted by Gasteiger charge is 2.29. The molecule has 0 fully saturated rings. The molecule has 0 aliphatic heterocycles. The fraction of sp³-hybridized carbons (Fsp3) is 0.0909. The molecule has 4 rings (SSSR count). The number of aryl methyl sites for hydroxylation is 1. The number of fused-ring (bicyclic) bond motifs is 1. The molecule has 2 aromatic heterocycles. The molecule has 1 N–H and O–H groups in total. The van der Waals surface area contributed by atoms with Gasteiger partial charge in [-0.25, -0.2) is 17.7 Å². The molecule has 0 atom stereocenters. The van der Waals surface area contributed by atoms with Crippen LogP contribution in [0.25, 0.3) is 5.65 Å². The Morgan fingerprint density at radius 3 is 2.37 bits per heavy atom. The number of aldehydes is 1. The standard InChI is InChI=1S/C22H19N3O4S/c1-16-22(23-21-4-2-3-13-24(16)21)25(14-17-5-9-19(27)10-6-17)30(28,29)20-11-7-18(15-26)8-12-20/h2-13,15,27H,14H2,1H3. The number of anilines is 1. The number of hydrogen-bond acceptors (Lipinski definition) is 5. The van der Waals surface area contributed by atoms with E-state index < -0.39 is 10.0 Å². The summed E-state index contributed by atoms with van der Waals surface area (Å²) in [5.41, 5.74) is 2.39. The number of carbonyl (C=O) groups excluding carboxylic acids is 1. The Hall–Kier alpha value is -3.65. The minimum Gasteiger partial charge on any atom is -0.508 e. The number of imidazole rings is 1. The molecule has 152 valence electrons. The zero-order valence-electron chi connectivity index (χ0n) is 16.1. The van der Waals surface area contributed by atoms with Crippen LogP contribution in [0.1, 0.15) is 21.6 Å². The number of rotatable bonds is 6. The molecular weight excluding hydrogens is 402 g/mol. The lowest BCUT2D eigenvalue weighted by molar-refractivity contribution is 0.112. The molecule has 0 spiro atoms. The summed E-state index contributed by atoms with van der Waals surface area (Å²) in [4.78, 5) is 15.6. The second kappa shape index (κ2) is 7.64. The van der Waals surface area contributed by atoms with Crippen molar-refractivity contribution in [3.8, 4) is 5.75 Å². The highest BCUT2D eigenvalue weighted by Crippen LogP contribution is 2.29. The normalized spacial score (nSPS) is 11.5. The maximum Gasteiger partial charge on any atom is 0.265 e. The summed E-state index contributed by atoms with van der Waals surface area (Å²) in [5.74, 6) is 0.412. The molecule has 30 heavy (non-hydrogen) atoms. The van der Waals surface area contributed by atoms with E-state index in [0.717, 1.165) is 0 Å². The van der Waals surface area contributed by atoms with Gasteiger partial charge in [0.2, 0.25) is 0 Å². The van der Waals surface area contributed by atoms with Crippen molar-refractivity contribution < 1.29 is 18.3 Å². The van der Waals surface area contributed by atoms with Crippen LogP contribution in [0.2, 0.25) is 0 Å². The summed E-state index contributed by atoms with van der Waals surface area (Å²) in [6.45, 7) is 1.84. The average molecular weight is 421 g/mol. The number of phenols is 1. The number of aromatic hydroxyl groups is 1. The van der Waals surface area contributed by atoms with E-state index >= 15 is 0 Å². The smallest absolute Gasteiger partial charge is 0.265 e. The number of sulfonamides is 1. The maximum atomic E-state index is 13.6. The van der Waals surface area contributed by atoms with Crippen molar-refractivity contribution in [2.24, 2.45) is 0 Å². The van der Waals surface area contributed by atoms with Crippen LogP contribution in [0.5, 0.6) is 5.75 Å². The van der Waals surface area contributed by atoms with E-state index in [0.29, 0.717) is 34.6 Å². The van der Waals surface area contributed by atoms with E-state index in [2.05, 4.69) is 4.98 Å². The van der Waals surface area contributed by atoms with Crippen LogP contribution in [0, 0.1) is 6.92 Å². The molecule has 0 saturated carbocycles. The summed E-state index contributed by atoms with van der Waals surface area (Å²) < 4.78 is 30.2. The van der Waals surface area contributed by atoms with Crippen molar-refractivity contribution in [3.63, 3.8) is 0 Å². The minimum atomic E-state index is -3.98. The van der Waals surface area contributed by atoms with Gasteiger partial charge < -0.3 is 9.51 Å². The van der Waals surface area contributed by atoms with Gasteiger partial charge in [-0.3, -0.25) is 4.79 Å². The molecular formula is C22H19N3O4S. The number of aromatic nitrogens is 2. The van der Waals surface area contributed by atoms with Crippen molar-refractivity contribution in [3.05, 3.63) is 89.7 Å². The van der Waals surface area contributed by atoms with Crippen molar-refractivity contribution in [2.45, 2.75) is 18.4 Å². The van der Waals surface area contributed by atoms with E-state index in [9.17, 15) is 18.3 Å². The highest BCUT2D eigenvalue weighted by atomic mass is 32.2. The Morgan fingerprint density at radius 2 is 1.73 bits per heavy atom. The number of benzene rings is 2. The molecule has 0 unspecified atom stereocenters. The number of hydrogen-bond donors (Lipinski definition) is 1. The lowest BCUT2D eigenvalue weighted by Gasteiger charge is -2.23. The molecule has 8 heteroatoms. The Labute approximate surface area is 173 Å². The molecule has 4 aromatic rings. The molecule has 0 bridgehead atoms. The number of carbonyl (C=O) groups is 1. The van der Waals surface area contributed by atoms with Gasteiger partial charge >= 0.3 is 0 Å². The van der Waals surface area contributed by atoms with E-state index in [-0.39, 0.29) is 17.2 Å². The van der Waals surface area contributed by atoms with E-state index in [1.54, 1.807) is 18.2 Å². The third-order valence-electron chi connectivity index (χ3n) is 4.85. The lowest BCUT2D eigenvalue weighted by atomic mass is 10.2. The van der Waals surface area contributed by atoms with Crippen LogP contribution >= 0.6 is 0 Å². The number of pyridine rings is 1. The van der Waals surface area contributed by atoms with Crippen molar-refractivity contribution >= 4 is 27.8 Å². The third kappa shape index (κ3) is 3.53. The molecule has 2 aromatic carbocycles. The van der Waals surface area contributed by atoms with Crippen molar-refractivity contribution in [1.29, 1.82) is 0 Å². The lowest BCUT2D eigenvalue weighted by Crippen LogP contribution is -2.31. The Balaban J connectivity index is 1.86. The minimum absolute atomic E-state index is 0.0305. The number of nitrogens with zero attached hydrogens (tertiary/aromatic N) is 3. The van der Waals surface area contributed by atoms with Gasteiger partial charge in [0.25, 0.3) is 10.0 Å². The first-order chi connectivity index (χ1) is 14.4. The first-order valence-corrected chi connectivity index (χ1v) is 10.6. The first kappa shape index (κ1) is 19.7. The monoisotopic (exact) mass is 421 g/mol. The molecule has 2 heterocycles. The largest absolute Gasteiger partial charge is 0.508 e. The fourth-order valence-corrected chi connectivity index (χ4v) is 4.68. The van der Waals surface area contributed by atoms with Crippen LogP contribution in [-0.4, -0.2) is 29.2 Å². The van der Waals surface area contributed by atoms with Gasteiger partial charge in [-0.2, -0.15) is 0 Å². The van der Waals surface area contributed by atoms with Crippen molar-refractivity contribution in [1.82, 2.24) is 9.38 Å². The van der Waals surface area contributed by atoms with Crippen molar-refractivity contribution in [2.75, 3.05) is 4.31 Å². The second-order valence-electron chi connectivity index (χ2n) is 6.81. The molecule has 0 amide bonds. The second-order valence-corrected chi connectivity index (χ2v) is 8.68. The van der Waals surface area contributed by atoms with Gasteiger partial charge in [0.15, 0.2) is 5.82 Å². The zero-order chi connectivity index (χ0) is 21.3. The van der Waals surface area contributed by atoms with Gasteiger partial charge in [0.1, 0.15) is 17.7 Å². The highest BCUT2D eigenvalue weighted by molar-refractivity contribution is 7.92. The van der Waals surface area contributed by atoms with Gasteiger partial charge in [0, 0.05) is 11.8 Å². The zero-order valence-corrected chi connectivity index (χ0v) is 17.0. The molecule has 0 aliphatic carbocycles. The van der Waals surface area contributed by atoms with E-state index in [4.69, 9.17) is 0 Å². The quantitative estimate of drug-likeness (QED) is 0.481. The van der Waals surface area contributed by atoms with Crippen LogP contribution < -0.4 is 4.31 Å². The molecule has 0 aliphatic rings. The molecule has 0 saturated heterocycles. The predicted octanol–water partition coefficient (Wildman–Crippen LogP) is 3.56. The van der Waals surface area contributed by atoms with Gasteiger partial charge in [-0.1, -0.05) is 30.3 Å². The van der Waals surface area contributed by atoms with Crippen LogP contribution in [0.3, 0.4) is 0 Å². The van der Waals surface area contributed by atoms with Crippen LogP contribution in [0.15, 0.2) is 77.8 Å². The summed E-state index contributed by atoms with van der Waals surface area (Å²) in [7, 11) is -3.98. The predicted molar refractivity (Wildman–Crippen MR) is 113 cm³/mol. The Kier molecular flexibility index (Phi) is 5.01. The SMILES string of the molecule is Cc1c(N(Cc2ccc(O)cc2)S(=O)(=O)c2ccc(C=O)cc2)nc2ccccn12. The van der Waals surface area contributed by atoms with E-state index in [1.807, 2.05) is 29.7 Å². The average Bonchev–Trinajstić information content (AvgIpc) is 3.09. The van der Waals surface area contributed by atoms with Crippen LogP contribution in [-0.2, 0) is 16.6 Å². The van der Waals surface area contributed by atoms with E-state index in [1.165, 1.54) is 40.7 Å². The summed E-state index contributed by atoms with van der Waals surface area (Å²) in [6, 6.07) is 17.6. The number of phenolic OH excluding ortho intramolecular Hbond substituents is 1. The maximum absolute atomic E-state index is 13.6. The molecule has 0 radical (unpaired) electrons. The van der Waals surface area contributed by atoms with Gasteiger partial charge in [-0.15, -0.1) is 0 Å². The fourth-order valence-electron chi connectivity index (χ4n) is 3.23. The summed E-state index contributed by atoms with van der Waals surface area (Å²) >= 11 is 0. The van der Waals surface area contributed by atoms with Gasteiger partial charge in [-0.05, 0) is 48.9 Å². The topological polar surface area (TPSA) is 92.0 Å². The Bertz CT molecular complexity index is 1310. The Morgan fingerprint density at radius 1 is 1.03 bits per heavy atom.